The second-order valence-electron chi connectivity index (χ2n) is 36.8. The molecular weight excluding hydrogens is 1670 g/mol. The molecule has 0 unspecified atom stereocenters. The van der Waals surface area contributed by atoms with Crippen LogP contribution in [0.2, 0.25) is 0 Å². The summed E-state index contributed by atoms with van der Waals surface area (Å²) in [6.45, 7) is 0. The molecule has 0 N–H and O–H groups in total. The Kier molecular flexibility index (Phi) is 18.8. The summed E-state index contributed by atoms with van der Waals surface area (Å²) < 4.78 is 9.93. The maximum absolute atomic E-state index is 2.55. The van der Waals surface area contributed by atoms with Crippen LogP contribution in [0, 0.1) is 0 Å². The molecule has 2 aliphatic rings. The van der Waals surface area contributed by atoms with Gasteiger partial charge in [0.15, 0.2) is 0 Å². The first-order valence-corrected chi connectivity index (χ1v) is 47.8. The summed E-state index contributed by atoms with van der Waals surface area (Å²) in [6, 6.07) is 197. The topological polar surface area (TPSA) is 19.7 Å². The molecule has 2 aliphatic carbocycles. The first-order chi connectivity index (χ1) is 68.5. The minimum atomic E-state index is -0.577. The van der Waals surface area contributed by atoms with E-state index in [1.165, 1.54) is 221 Å². The fraction of sp³-hybridized carbons (Fsp3) is 0.0149. The molecule has 644 valence electrons. The van der Waals surface area contributed by atoms with Gasteiger partial charge < -0.3 is 18.3 Å². The Balaban J connectivity index is 0.000000139. The van der Waals surface area contributed by atoms with Gasteiger partial charge in [0.05, 0.1) is 55.0 Å². The van der Waals surface area contributed by atoms with E-state index in [4.69, 9.17) is 0 Å². The monoisotopic (exact) mass is 1750 g/mol. The van der Waals surface area contributed by atoms with Crippen LogP contribution in [0.1, 0.15) is 44.5 Å². The van der Waals surface area contributed by atoms with Crippen LogP contribution in [0.3, 0.4) is 0 Å². The fourth-order valence-corrected chi connectivity index (χ4v) is 23.6. The van der Waals surface area contributed by atoms with Crippen molar-refractivity contribution in [2.75, 3.05) is 0 Å². The SMILES string of the molecule is c1ccc(-c2ccc(-n3c4ccc(-c5ccc6c(c5)c5ccccc5n6-c5cccc(-c6ccccc6)c5)cc4c4ccc5c(c43)-c3ccccc3C5(c3ccccc3)c3ccccc3)cc2)cc1.c1ccc(-c2ccc(-n3c4ccc(-c5ccc6c(c5)c5ccccc5n6-c5cccc(-c6ccccc6)c5)cc4c4ccc5c(c43)C(c3ccccc3)(c3ccccc3)c3ccccc3-5)cc2)cc1. The number of aromatic nitrogens is 4. The van der Waals surface area contributed by atoms with Crippen LogP contribution < -0.4 is 0 Å². The van der Waals surface area contributed by atoms with Gasteiger partial charge in [-0.2, -0.15) is 0 Å². The summed E-state index contributed by atoms with van der Waals surface area (Å²) in [4.78, 5) is 0. The van der Waals surface area contributed by atoms with E-state index >= 15 is 0 Å². The lowest BCUT2D eigenvalue weighted by atomic mass is 9.67. The zero-order valence-electron chi connectivity index (χ0n) is 75.6. The molecule has 28 rings (SSSR count). The highest BCUT2D eigenvalue weighted by Crippen LogP contribution is 2.62. The molecule has 0 aliphatic heterocycles. The van der Waals surface area contributed by atoms with Crippen LogP contribution in [0.15, 0.2) is 534 Å². The minimum absolute atomic E-state index is 0.510. The van der Waals surface area contributed by atoms with Gasteiger partial charge in [-0.1, -0.05) is 425 Å². The first-order valence-electron chi connectivity index (χ1n) is 47.8. The molecule has 0 saturated heterocycles. The summed E-state index contributed by atoms with van der Waals surface area (Å²) in [6.07, 6.45) is 0. The van der Waals surface area contributed by atoms with Crippen molar-refractivity contribution in [2.45, 2.75) is 10.8 Å². The number of para-hydroxylation sites is 2. The highest BCUT2D eigenvalue weighted by molar-refractivity contribution is 6.19. The minimum Gasteiger partial charge on any atom is -0.309 e. The van der Waals surface area contributed by atoms with Crippen LogP contribution in [-0.4, -0.2) is 18.3 Å². The highest BCUT2D eigenvalue weighted by atomic mass is 15.0. The Bertz CT molecular complexity index is 9180. The van der Waals surface area contributed by atoms with Gasteiger partial charge >= 0.3 is 0 Å². The molecule has 22 aromatic carbocycles. The van der Waals surface area contributed by atoms with Gasteiger partial charge in [0.2, 0.25) is 0 Å². The van der Waals surface area contributed by atoms with E-state index in [1.807, 2.05) is 0 Å². The van der Waals surface area contributed by atoms with E-state index in [0.29, 0.717) is 0 Å². The van der Waals surface area contributed by atoms with Crippen molar-refractivity contribution in [1.29, 1.82) is 0 Å². The van der Waals surface area contributed by atoms with Crippen molar-refractivity contribution < 1.29 is 0 Å². The molecule has 26 aromatic rings. The van der Waals surface area contributed by atoms with Crippen LogP contribution in [0.25, 0.3) is 199 Å². The van der Waals surface area contributed by atoms with Crippen LogP contribution >= 0.6 is 0 Å². The van der Waals surface area contributed by atoms with Gasteiger partial charge in [0.25, 0.3) is 0 Å². The average molecular weight is 1750 g/mol. The van der Waals surface area contributed by atoms with Gasteiger partial charge in [-0.25, -0.2) is 0 Å². The molecule has 0 fully saturated rings. The lowest BCUT2D eigenvalue weighted by molar-refractivity contribution is 0.769. The van der Waals surface area contributed by atoms with Crippen molar-refractivity contribution in [1.82, 2.24) is 18.3 Å². The first kappa shape index (κ1) is 79.8. The highest BCUT2D eigenvalue weighted by Gasteiger charge is 2.50. The quantitative estimate of drug-likeness (QED) is 0.103. The largest absolute Gasteiger partial charge is 0.309 e. The molecule has 4 heteroatoms. The number of fused-ring (bicyclic) bond motifs is 20. The molecule has 4 nitrogen and oxygen atoms in total. The standard InChI is InChI=1S/2C67H44N2/c1-5-18-45(19-6-1)47-32-36-53(37-33-47)69-64-41-35-50(49-34-40-63-58(43-49)55-28-14-16-31-62(55)68(63)54-27-17-22-48(42-54)46-20-7-2-8-21-46)44-59(64)56-38-39-61-65(66(56)69)57-29-13-15-30-60(57)67(61,51-23-9-3-10-24-51)52-25-11-4-12-26-52;1-5-18-45(19-6-1)47-32-36-53(37-33-47)69-64-41-35-50(49-34-40-63-59(43-49)56-29-14-16-31-62(56)68(63)54-27-17-22-48(42-54)46-20-7-2-8-21-46)44-60(64)58-39-38-57-55-28-13-15-30-61(55)67(65(57)66(58)69,51-23-9-3-10-24-51)52-25-11-4-12-26-52/h2*1-44H. The molecule has 138 heavy (non-hydrogen) atoms. The zero-order chi connectivity index (χ0) is 90.9. The number of nitrogens with zero attached hydrogens (tertiary/aromatic N) is 4. The van der Waals surface area contributed by atoms with Gasteiger partial charge in [-0.05, 0) is 232 Å². The Morgan fingerprint density at radius 2 is 0.428 bits per heavy atom. The van der Waals surface area contributed by atoms with Crippen molar-refractivity contribution in [3.05, 3.63) is 578 Å². The summed E-state index contributed by atoms with van der Waals surface area (Å²) in [5, 5.41) is 9.88. The van der Waals surface area contributed by atoms with E-state index in [0.717, 1.165) is 22.7 Å². The van der Waals surface area contributed by atoms with Gasteiger partial charge in [-0.3, -0.25) is 0 Å². The van der Waals surface area contributed by atoms with Gasteiger partial charge in [0.1, 0.15) is 0 Å². The molecule has 4 aromatic heterocycles. The third-order valence-corrected chi connectivity index (χ3v) is 29.6. The van der Waals surface area contributed by atoms with E-state index < -0.39 is 10.8 Å². The van der Waals surface area contributed by atoms with Gasteiger partial charge in [-0.15, -0.1) is 0 Å². The van der Waals surface area contributed by atoms with Gasteiger partial charge in [0, 0.05) is 77.0 Å². The van der Waals surface area contributed by atoms with Crippen molar-refractivity contribution in [3.8, 4) is 112 Å². The second-order valence-corrected chi connectivity index (χ2v) is 36.8. The van der Waals surface area contributed by atoms with E-state index in [9.17, 15) is 0 Å². The summed E-state index contributed by atoms with van der Waals surface area (Å²) in [5.41, 5.74) is 42.8. The maximum Gasteiger partial charge on any atom is 0.0734 e. The lowest BCUT2D eigenvalue weighted by Crippen LogP contribution is -2.29. The number of hydrogen-bond donors (Lipinski definition) is 0. The summed E-state index contributed by atoms with van der Waals surface area (Å²) >= 11 is 0. The molecule has 0 saturated carbocycles. The lowest BCUT2D eigenvalue weighted by Gasteiger charge is -2.34. The Morgan fingerprint density at radius 3 is 0.855 bits per heavy atom. The van der Waals surface area contributed by atoms with Crippen molar-refractivity contribution in [3.63, 3.8) is 0 Å². The molecule has 0 atom stereocenters. The summed E-state index contributed by atoms with van der Waals surface area (Å²) in [5.74, 6) is 0. The second kappa shape index (κ2) is 32.5. The smallest absolute Gasteiger partial charge is 0.0734 e. The molecule has 0 bridgehead atoms. The van der Waals surface area contributed by atoms with Crippen LogP contribution in [-0.2, 0) is 10.8 Å². The Labute approximate surface area is 800 Å². The van der Waals surface area contributed by atoms with Crippen molar-refractivity contribution >= 4 is 87.2 Å². The van der Waals surface area contributed by atoms with E-state index in [-0.39, 0.29) is 0 Å². The van der Waals surface area contributed by atoms with Crippen LogP contribution in [0.5, 0.6) is 0 Å². The molecule has 0 radical (unpaired) electrons. The molecular formula is C134H88N4. The van der Waals surface area contributed by atoms with Crippen molar-refractivity contribution in [2.24, 2.45) is 0 Å². The number of rotatable bonds is 14. The molecule has 0 amide bonds. The Morgan fingerprint density at radius 1 is 0.138 bits per heavy atom. The van der Waals surface area contributed by atoms with E-state index in [2.05, 4.69) is 552 Å². The summed E-state index contributed by atoms with van der Waals surface area (Å²) in [7, 11) is 0. The predicted octanol–water partition coefficient (Wildman–Crippen LogP) is 34.5. The molecule has 0 spiro atoms. The van der Waals surface area contributed by atoms with Crippen LogP contribution in [0.4, 0.5) is 0 Å². The fourth-order valence-electron chi connectivity index (χ4n) is 23.6. The average Bonchev–Trinajstić information content (AvgIpc) is 1.52. The van der Waals surface area contributed by atoms with E-state index in [1.54, 1.807) is 0 Å². The predicted molar refractivity (Wildman–Crippen MR) is 577 cm³/mol. The molecule has 4 heterocycles. The maximum atomic E-state index is 2.55. The normalized spacial score (nSPS) is 12.8. The zero-order valence-corrected chi connectivity index (χ0v) is 75.6. The number of benzene rings is 22. The third-order valence-electron chi connectivity index (χ3n) is 29.6. The Hall–Kier alpha value is -18.0. The number of hydrogen-bond acceptors (Lipinski definition) is 0. The third kappa shape index (κ3) is 12.5.